The number of hydrogen-bond acceptors (Lipinski definition) is 3. The van der Waals surface area contributed by atoms with E-state index in [0.717, 1.165) is 12.1 Å². The Morgan fingerprint density at radius 1 is 1.44 bits per heavy atom. The molecule has 0 aliphatic rings. The van der Waals surface area contributed by atoms with Crippen molar-refractivity contribution >= 4 is 5.97 Å². The van der Waals surface area contributed by atoms with E-state index in [0.29, 0.717) is 18.5 Å². The van der Waals surface area contributed by atoms with Crippen LogP contribution in [0.15, 0.2) is 18.2 Å². The number of nitrogens with zero attached hydrogens (tertiary/aromatic N) is 1. The second-order valence-corrected chi connectivity index (χ2v) is 4.85. The molecule has 1 heterocycles. The quantitative estimate of drug-likeness (QED) is 0.781. The minimum absolute atomic E-state index is 0.101. The Bertz CT molecular complexity index is 393. The molecule has 1 aromatic heterocycles. The van der Waals surface area contributed by atoms with Gasteiger partial charge in [-0.1, -0.05) is 26.3 Å². The smallest absolute Gasteiger partial charge is 0.354 e. The summed E-state index contributed by atoms with van der Waals surface area (Å²) in [5.41, 5.74) is 0.870. The van der Waals surface area contributed by atoms with Gasteiger partial charge in [-0.25, -0.2) is 9.78 Å². The van der Waals surface area contributed by atoms with Crippen LogP contribution in [0.5, 0.6) is 0 Å². The lowest BCUT2D eigenvalue weighted by Gasteiger charge is -2.17. The van der Waals surface area contributed by atoms with Gasteiger partial charge in [-0.05, 0) is 31.4 Å². The highest BCUT2D eigenvalue weighted by Crippen LogP contribution is 2.10. The van der Waals surface area contributed by atoms with Gasteiger partial charge in [0.1, 0.15) is 5.69 Å². The highest BCUT2D eigenvalue weighted by molar-refractivity contribution is 5.85. The molecule has 2 unspecified atom stereocenters. The average molecular weight is 250 g/mol. The van der Waals surface area contributed by atoms with Gasteiger partial charge in [0.25, 0.3) is 0 Å². The summed E-state index contributed by atoms with van der Waals surface area (Å²) in [6, 6.07) is 5.49. The Hall–Kier alpha value is -1.42. The van der Waals surface area contributed by atoms with Gasteiger partial charge in [0, 0.05) is 12.6 Å². The Balaban J connectivity index is 2.48. The monoisotopic (exact) mass is 250 g/mol. The van der Waals surface area contributed by atoms with Crippen LogP contribution in [0.1, 0.15) is 49.8 Å². The standard InChI is InChI=1S/C14H22N2O2/c1-4-10(2)8-11(3)15-9-12-6-5-7-13(16-12)14(17)18/h5-7,10-11,15H,4,8-9H2,1-3H3,(H,17,18). The summed E-state index contributed by atoms with van der Waals surface area (Å²) in [5.74, 6) is -0.282. The lowest BCUT2D eigenvalue weighted by molar-refractivity contribution is 0.0690. The van der Waals surface area contributed by atoms with Gasteiger partial charge in [0.05, 0.1) is 5.69 Å². The number of rotatable bonds is 7. The van der Waals surface area contributed by atoms with E-state index in [9.17, 15) is 4.79 Å². The third-order valence-electron chi connectivity index (χ3n) is 3.11. The maximum atomic E-state index is 10.8. The van der Waals surface area contributed by atoms with E-state index >= 15 is 0 Å². The minimum atomic E-state index is -0.982. The largest absolute Gasteiger partial charge is 0.477 e. The molecule has 0 aliphatic heterocycles. The van der Waals surface area contributed by atoms with Crippen molar-refractivity contribution < 1.29 is 9.90 Å². The highest BCUT2D eigenvalue weighted by atomic mass is 16.4. The molecule has 100 valence electrons. The van der Waals surface area contributed by atoms with Crippen LogP contribution in [0.4, 0.5) is 0 Å². The summed E-state index contributed by atoms with van der Waals surface area (Å²) in [4.78, 5) is 14.9. The predicted molar refractivity (Wildman–Crippen MR) is 71.6 cm³/mol. The van der Waals surface area contributed by atoms with Crippen LogP contribution in [0.25, 0.3) is 0 Å². The zero-order valence-corrected chi connectivity index (χ0v) is 11.3. The fourth-order valence-corrected chi connectivity index (χ4v) is 1.83. The Morgan fingerprint density at radius 3 is 2.78 bits per heavy atom. The van der Waals surface area contributed by atoms with Crippen molar-refractivity contribution in [3.63, 3.8) is 0 Å². The van der Waals surface area contributed by atoms with E-state index < -0.39 is 5.97 Å². The van der Waals surface area contributed by atoms with E-state index in [-0.39, 0.29) is 5.69 Å². The Labute approximate surface area is 108 Å². The van der Waals surface area contributed by atoms with Gasteiger partial charge >= 0.3 is 5.97 Å². The molecule has 0 aliphatic carbocycles. The van der Waals surface area contributed by atoms with Gasteiger partial charge in [-0.3, -0.25) is 0 Å². The zero-order chi connectivity index (χ0) is 13.5. The fraction of sp³-hybridized carbons (Fsp3) is 0.571. The molecule has 0 bridgehead atoms. The molecular weight excluding hydrogens is 228 g/mol. The summed E-state index contributed by atoms with van der Waals surface area (Å²) in [5, 5.41) is 12.2. The maximum Gasteiger partial charge on any atom is 0.354 e. The summed E-state index contributed by atoms with van der Waals surface area (Å²) < 4.78 is 0. The number of hydrogen-bond donors (Lipinski definition) is 2. The van der Waals surface area contributed by atoms with Crippen molar-refractivity contribution in [3.8, 4) is 0 Å². The number of aromatic carboxylic acids is 1. The lowest BCUT2D eigenvalue weighted by Crippen LogP contribution is -2.27. The number of aromatic nitrogens is 1. The first kappa shape index (κ1) is 14.6. The number of pyridine rings is 1. The molecule has 0 fully saturated rings. The number of carboxylic acid groups (broad SMARTS) is 1. The maximum absolute atomic E-state index is 10.8. The third-order valence-corrected chi connectivity index (χ3v) is 3.11. The Kier molecular flexibility index (Phi) is 5.78. The van der Waals surface area contributed by atoms with Gasteiger partial charge in [0.15, 0.2) is 0 Å². The number of carbonyl (C=O) groups is 1. The molecule has 18 heavy (non-hydrogen) atoms. The first-order valence-corrected chi connectivity index (χ1v) is 6.45. The van der Waals surface area contributed by atoms with Gasteiger partial charge < -0.3 is 10.4 Å². The third kappa shape index (κ3) is 4.84. The van der Waals surface area contributed by atoms with Crippen LogP contribution < -0.4 is 5.32 Å². The van der Waals surface area contributed by atoms with Crippen LogP contribution in [-0.2, 0) is 6.54 Å². The van der Waals surface area contributed by atoms with Crippen molar-refractivity contribution in [2.24, 2.45) is 5.92 Å². The lowest BCUT2D eigenvalue weighted by atomic mass is 10.0. The first-order chi connectivity index (χ1) is 8.52. The van der Waals surface area contributed by atoms with Crippen molar-refractivity contribution in [1.82, 2.24) is 10.3 Å². The van der Waals surface area contributed by atoms with E-state index in [1.807, 2.05) is 6.07 Å². The molecule has 4 heteroatoms. The molecule has 2 N–H and O–H groups in total. The highest BCUT2D eigenvalue weighted by Gasteiger charge is 2.08. The second-order valence-electron chi connectivity index (χ2n) is 4.85. The number of carboxylic acids is 1. The molecule has 1 rings (SSSR count). The molecule has 1 aromatic rings. The molecule has 0 amide bonds. The summed E-state index contributed by atoms with van der Waals surface area (Å²) in [7, 11) is 0. The average Bonchev–Trinajstić information content (AvgIpc) is 2.36. The Morgan fingerprint density at radius 2 is 2.17 bits per heavy atom. The van der Waals surface area contributed by atoms with Crippen molar-refractivity contribution in [2.75, 3.05) is 0 Å². The normalized spacial score (nSPS) is 14.2. The van der Waals surface area contributed by atoms with Crippen molar-refractivity contribution in [2.45, 2.75) is 46.2 Å². The molecule has 4 nitrogen and oxygen atoms in total. The number of nitrogens with one attached hydrogen (secondary N) is 1. The van der Waals surface area contributed by atoms with E-state index in [1.54, 1.807) is 6.07 Å². The molecule has 0 radical (unpaired) electrons. The molecular formula is C14H22N2O2. The molecule has 0 spiro atoms. The molecule has 0 aromatic carbocycles. The van der Waals surface area contributed by atoms with Gasteiger partial charge in [-0.2, -0.15) is 0 Å². The van der Waals surface area contributed by atoms with Crippen LogP contribution >= 0.6 is 0 Å². The summed E-state index contributed by atoms with van der Waals surface area (Å²) in [6.45, 7) is 7.18. The van der Waals surface area contributed by atoms with Gasteiger partial charge in [0.2, 0.25) is 0 Å². The zero-order valence-electron chi connectivity index (χ0n) is 11.3. The molecule has 0 saturated heterocycles. The van der Waals surface area contributed by atoms with Crippen LogP contribution in [0.3, 0.4) is 0 Å². The summed E-state index contributed by atoms with van der Waals surface area (Å²) in [6.07, 6.45) is 2.30. The topological polar surface area (TPSA) is 62.2 Å². The summed E-state index contributed by atoms with van der Waals surface area (Å²) >= 11 is 0. The minimum Gasteiger partial charge on any atom is -0.477 e. The first-order valence-electron chi connectivity index (χ1n) is 6.45. The predicted octanol–water partition coefficient (Wildman–Crippen LogP) is 2.69. The van der Waals surface area contributed by atoms with Crippen molar-refractivity contribution in [1.29, 1.82) is 0 Å². The van der Waals surface area contributed by atoms with Crippen LogP contribution in [0, 0.1) is 5.92 Å². The van der Waals surface area contributed by atoms with Crippen LogP contribution in [-0.4, -0.2) is 22.1 Å². The molecule has 0 saturated carbocycles. The van der Waals surface area contributed by atoms with E-state index in [1.165, 1.54) is 12.5 Å². The van der Waals surface area contributed by atoms with Gasteiger partial charge in [-0.15, -0.1) is 0 Å². The second kappa shape index (κ2) is 7.11. The molecule has 2 atom stereocenters. The fourth-order valence-electron chi connectivity index (χ4n) is 1.83. The van der Waals surface area contributed by atoms with E-state index in [2.05, 4.69) is 31.1 Å². The van der Waals surface area contributed by atoms with Crippen LogP contribution in [0.2, 0.25) is 0 Å². The SMILES string of the molecule is CCC(C)CC(C)NCc1cccc(C(=O)O)n1. The van der Waals surface area contributed by atoms with Crippen molar-refractivity contribution in [3.05, 3.63) is 29.6 Å². The van der Waals surface area contributed by atoms with E-state index in [4.69, 9.17) is 5.11 Å².